The van der Waals surface area contributed by atoms with Gasteiger partial charge >= 0.3 is 6.03 Å². The fraction of sp³-hybridized carbons (Fsp3) is 0.389. The first-order valence-electron chi connectivity index (χ1n) is 8.28. The molecule has 24 heavy (non-hydrogen) atoms. The Morgan fingerprint density at radius 2 is 1.96 bits per heavy atom. The predicted molar refractivity (Wildman–Crippen MR) is 91.9 cm³/mol. The number of carbonyl (C=O) groups is 1. The van der Waals surface area contributed by atoms with Crippen LogP contribution in [-0.4, -0.2) is 36.8 Å². The molecule has 0 bridgehead atoms. The number of hydrogen-bond acceptors (Lipinski definition) is 4. The van der Waals surface area contributed by atoms with Crippen LogP contribution in [-0.2, 0) is 0 Å². The molecule has 1 atom stereocenters. The summed E-state index contributed by atoms with van der Waals surface area (Å²) in [5, 5.41) is 15.5. The molecule has 1 aromatic carbocycles. The van der Waals surface area contributed by atoms with Crippen LogP contribution in [0, 0.1) is 0 Å². The first-order chi connectivity index (χ1) is 11.7. The molecule has 1 aliphatic heterocycles. The number of nitrogens with one attached hydrogen (secondary N) is 2. The average Bonchev–Trinajstić information content (AvgIpc) is 3.16. The van der Waals surface area contributed by atoms with Gasteiger partial charge in [-0.25, -0.2) is 4.79 Å². The van der Waals surface area contributed by atoms with E-state index in [4.69, 9.17) is 4.42 Å². The maximum absolute atomic E-state index is 12.0. The topological polar surface area (TPSA) is 77.7 Å². The zero-order valence-electron chi connectivity index (χ0n) is 13.5. The first kappa shape index (κ1) is 16.4. The Morgan fingerprint density at radius 3 is 2.62 bits per heavy atom. The largest absolute Gasteiger partial charge is 0.467 e. The number of rotatable bonds is 5. The summed E-state index contributed by atoms with van der Waals surface area (Å²) in [6, 6.07) is 13.6. The lowest BCUT2D eigenvalue weighted by atomic mass is 10.0. The summed E-state index contributed by atoms with van der Waals surface area (Å²) in [6.45, 7) is 1.97. The molecule has 1 fully saturated rings. The average molecular weight is 329 g/mol. The lowest BCUT2D eigenvalue weighted by molar-refractivity contribution is 0.147. The lowest BCUT2D eigenvalue weighted by Gasteiger charge is -2.34. The summed E-state index contributed by atoms with van der Waals surface area (Å²) >= 11 is 0. The number of anilines is 1. The maximum atomic E-state index is 12.0. The highest BCUT2D eigenvalue weighted by atomic mass is 16.4. The van der Waals surface area contributed by atoms with Crippen molar-refractivity contribution in [3.63, 3.8) is 0 Å². The van der Waals surface area contributed by atoms with Gasteiger partial charge in [0, 0.05) is 24.8 Å². The summed E-state index contributed by atoms with van der Waals surface area (Å²) in [6.07, 6.45) is 2.48. The van der Waals surface area contributed by atoms with Crippen LogP contribution in [0.1, 0.15) is 24.7 Å². The normalized spacial score (nSPS) is 16.6. The Morgan fingerprint density at radius 1 is 1.21 bits per heavy atom. The zero-order valence-corrected chi connectivity index (χ0v) is 13.5. The van der Waals surface area contributed by atoms with E-state index in [0.717, 1.165) is 25.9 Å². The van der Waals surface area contributed by atoms with E-state index in [1.807, 2.05) is 18.2 Å². The fourth-order valence-electron chi connectivity index (χ4n) is 2.93. The van der Waals surface area contributed by atoms with Gasteiger partial charge in [-0.3, -0.25) is 0 Å². The van der Waals surface area contributed by atoms with Crippen molar-refractivity contribution in [3.05, 3.63) is 54.5 Å². The van der Waals surface area contributed by atoms with Crippen LogP contribution in [0.3, 0.4) is 0 Å². The third kappa shape index (κ3) is 4.29. The molecular formula is C18H23N3O3. The Bertz CT molecular complexity index is 622. The summed E-state index contributed by atoms with van der Waals surface area (Å²) in [5.74, 6) is 0.450. The molecule has 0 radical (unpaired) electrons. The van der Waals surface area contributed by atoms with Crippen molar-refractivity contribution in [2.24, 2.45) is 0 Å². The van der Waals surface area contributed by atoms with Crippen LogP contribution < -0.4 is 15.5 Å². The number of furan rings is 1. The van der Waals surface area contributed by atoms with Crippen LogP contribution in [0.15, 0.2) is 53.1 Å². The SMILES string of the molecule is O=C(NCC(O)c1ccco1)NC1CCN(c2ccccc2)CC1. The molecular weight excluding hydrogens is 306 g/mol. The number of carbonyl (C=O) groups excluding carboxylic acids is 1. The molecule has 0 aliphatic carbocycles. The Kier molecular flexibility index (Phi) is 5.38. The number of amides is 2. The molecule has 1 saturated heterocycles. The van der Waals surface area contributed by atoms with Crippen LogP contribution in [0.2, 0.25) is 0 Å². The van der Waals surface area contributed by atoms with E-state index < -0.39 is 6.10 Å². The summed E-state index contributed by atoms with van der Waals surface area (Å²) in [4.78, 5) is 14.3. The smallest absolute Gasteiger partial charge is 0.315 e. The highest BCUT2D eigenvalue weighted by Gasteiger charge is 2.21. The highest BCUT2D eigenvalue weighted by molar-refractivity contribution is 5.74. The number of para-hydroxylation sites is 1. The minimum Gasteiger partial charge on any atom is -0.467 e. The van der Waals surface area contributed by atoms with Gasteiger partial charge in [0.15, 0.2) is 0 Å². The Balaban J connectivity index is 1.39. The van der Waals surface area contributed by atoms with Gasteiger partial charge in [0.25, 0.3) is 0 Å². The van der Waals surface area contributed by atoms with Gasteiger partial charge in [0.2, 0.25) is 0 Å². The highest BCUT2D eigenvalue weighted by Crippen LogP contribution is 2.19. The minimum absolute atomic E-state index is 0.127. The number of hydrogen-bond donors (Lipinski definition) is 3. The third-order valence-corrected chi connectivity index (χ3v) is 4.28. The van der Waals surface area contributed by atoms with Crippen molar-refractivity contribution >= 4 is 11.7 Å². The number of nitrogens with zero attached hydrogens (tertiary/aromatic N) is 1. The van der Waals surface area contributed by atoms with Gasteiger partial charge < -0.3 is 25.1 Å². The quantitative estimate of drug-likeness (QED) is 0.786. The van der Waals surface area contributed by atoms with Crippen LogP contribution in [0.4, 0.5) is 10.5 Å². The summed E-state index contributed by atoms with van der Waals surface area (Å²) < 4.78 is 5.10. The first-order valence-corrected chi connectivity index (χ1v) is 8.28. The van der Waals surface area contributed by atoms with Crippen LogP contribution in [0.5, 0.6) is 0 Å². The monoisotopic (exact) mass is 329 g/mol. The molecule has 6 heteroatoms. The Labute approximate surface area is 141 Å². The van der Waals surface area contributed by atoms with Gasteiger partial charge in [0.1, 0.15) is 11.9 Å². The van der Waals surface area contributed by atoms with E-state index in [2.05, 4.69) is 27.7 Å². The van der Waals surface area contributed by atoms with E-state index >= 15 is 0 Å². The second-order valence-corrected chi connectivity index (χ2v) is 5.98. The second-order valence-electron chi connectivity index (χ2n) is 5.98. The number of aliphatic hydroxyl groups excluding tert-OH is 1. The number of urea groups is 1. The van der Waals surface area contributed by atoms with Crippen LogP contribution >= 0.6 is 0 Å². The molecule has 6 nitrogen and oxygen atoms in total. The molecule has 1 aromatic heterocycles. The van der Waals surface area contributed by atoms with E-state index in [-0.39, 0.29) is 18.6 Å². The van der Waals surface area contributed by atoms with Crippen LogP contribution in [0.25, 0.3) is 0 Å². The standard InChI is InChI=1S/C18H23N3O3/c22-16(17-7-4-12-24-17)13-19-18(23)20-14-8-10-21(11-9-14)15-5-2-1-3-6-15/h1-7,12,14,16,22H,8-11,13H2,(H2,19,20,23). The molecule has 1 aliphatic rings. The van der Waals surface area contributed by atoms with E-state index in [9.17, 15) is 9.90 Å². The van der Waals surface area contributed by atoms with Gasteiger partial charge in [-0.05, 0) is 37.1 Å². The lowest BCUT2D eigenvalue weighted by Crippen LogP contribution is -2.48. The molecule has 2 aromatic rings. The molecule has 3 rings (SSSR count). The van der Waals surface area contributed by atoms with Crippen molar-refractivity contribution in [2.45, 2.75) is 25.0 Å². The molecule has 3 N–H and O–H groups in total. The minimum atomic E-state index is -0.828. The van der Waals surface area contributed by atoms with Gasteiger partial charge in [-0.15, -0.1) is 0 Å². The summed E-state index contributed by atoms with van der Waals surface area (Å²) in [7, 11) is 0. The van der Waals surface area contributed by atoms with Gasteiger partial charge in [-0.1, -0.05) is 18.2 Å². The maximum Gasteiger partial charge on any atom is 0.315 e. The number of benzene rings is 1. The number of piperidine rings is 1. The molecule has 0 saturated carbocycles. The number of aliphatic hydroxyl groups is 1. The molecule has 1 unspecified atom stereocenters. The summed E-state index contributed by atoms with van der Waals surface area (Å²) in [5.41, 5.74) is 1.22. The molecule has 128 valence electrons. The second kappa shape index (κ2) is 7.88. The van der Waals surface area contributed by atoms with Crippen molar-refractivity contribution in [2.75, 3.05) is 24.5 Å². The van der Waals surface area contributed by atoms with Gasteiger partial charge in [-0.2, -0.15) is 0 Å². The van der Waals surface area contributed by atoms with E-state index in [0.29, 0.717) is 5.76 Å². The van der Waals surface area contributed by atoms with E-state index in [1.54, 1.807) is 12.1 Å². The molecule has 0 spiro atoms. The zero-order chi connectivity index (χ0) is 16.8. The van der Waals surface area contributed by atoms with E-state index in [1.165, 1.54) is 12.0 Å². The van der Waals surface area contributed by atoms with Crippen molar-refractivity contribution in [3.8, 4) is 0 Å². The van der Waals surface area contributed by atoms with Crippen molar-refractivity contribution < 1.29 is 14.3 Å². The molecule has 2 amide bonds. The third-order valence-electron chi connectivity index (χ3n) is 4.28. The van der Waals surface area contributed by atoms with Gasteiger partial charge in [0.05, 0.1) is 12.8 Å². The molecule has 2 heterocycles. The Hall–Kier alpha value is -2.47. The van der Waals surface area contributed by atoms with Crippen molar-refractivity contribution in [1.82, 2.24) is 10.6 Å². The predicted octanol–water partition coefficient (Wildman–Crippen LogP) is 2.28. The van der Waals surface area contributed by atoms with Crippen molar-refractivity contribution in [1.29, 1.82) is 0 Å². The fourth-order valence-corrected chi connectivity index (χ4v) is 2.93.